The molecule has 0 bridgehead atoms. The summed E-state index contributed by atoms with van der Waals surface area (Å²) in [7, 11) is 0. The van der Waals surface area contributed by atoms with Gasteiger partial charge in [-0.25, -0.2) is 9.80 Å². The predicted octanol–water partition coefficient (Wildman–Crippen LogP) is 0.493. The molecule has 5 nitrogen and oxygen atoms in total. The number of β-amino-alcohol motifs (C(OH)–C–C–N with tert-alkyl or cyclic N) is 1. The van der Waals surface area contributed by atoms with Crippen molar-refractivity contribution in [1.82, 2.24) is 10.4 Å². The SMILES string of the molecule is CC(C)(C)OC(=O)NN1CC[C@H](O)C1. The molecule has 0 spiro atoms. The van der Waals surface area contributed by atoms with Gasteiger partial charge in [0.25, 0.3) is 0 Å². The first-order valence-electron chi connectivity index (χ1n) is 4.79. The smallest absolute Gasteiger partial charge is 0.422 e. The van der Waals surface area contributed by atoms with Crippen molar-refractivity contribution >= 4 is 6.09 Å². The van der Waals surface area contributed by atoms with E-state index in [0.717, 1.165) is 0 Å². The summed E-state index contributed by atoms with van der Waals surface area (Å²) in [4.78, 5) is 11.3. The Morgan fingerprint density at radius 1 is 1.57 bits per heavy atom. The van der Waals surface area contributed by atoms with Crippen LogP contribution in [0, 0.1) is 0 Å². The third-order valence-electron chi connectivity index (χ3n) is 1.81. The standard InChI is InChI=1S/C9H18N2O3/c1-9(2,3)14-8(13)10-11-5-4-7(12)6-11/h7,12H,4-6H2,1-3H3,(H,10,13)/t7-/m0/s1. The van der Waals surface area contributed by atoms with E-state index in [1.807, 2.05) is 20.8 Å². The van der Waals surface area contributed by atoms with Crippen LogP contribution in [-0.2, 0) is 4.74 Å². The van der Waals surface area contributed by atoms with Crippen LogP contribution in [0.2, 0.25) is 0 Å². The van der Waals surface area contributed by atoms with Crippen LogP contribution >= 0.6 is 0 Å². The van der Waals surface area contributed by atoms with Gasteiger partial charge in [0.15, 0.2) is 0 Å². The molecule has 1 fully saturated rings. The predicted molar refractivity (Wildman–Crippen MR) is 51.6 cm³/mol. The second-order valence-electron chi connectivity index (χ2n) is 4.50. The lowest BCUT2D eigenvalue weighted by molar-refractivity contribution is 0.0348. The maximum Gasteiger partial charge on any atom is 0.422 e. The number of carbonyl (C=O) groups is 1. The van der Waals surface area contributed by atoms with Crippen LogP contribution in [-0.4, -0.2) is 41.0 Å². The third-order valence-corrected chi connectivity index (χ3v) is 1.81. The Bertz CT molecular complexity index is 213. The second-order valence-corrected chi connectivity index (χ2v) is 4.50. The van der Waals surface area contributed by atoms with E-state index in [2.05, 4.69) is 5.43 Å². The van der Waals surface area contributed by atoms with Gasteiger partial charge in [0.1, 0.15) is 5.60 Å². The molecule has 1 aliphatic rings. The highest BCUT2D eigenvalue weighted by Crippen LogP contribution is 2.09. The summed E-state index contributed by atoms with van der Waals surface area (Å²) in [5.74, 6) is 0. The van der Waals surface area contributed by atoms with Crippen molar-refractivity contribution in [3.63, 3.8) is 0 Å². The summed E-state index contributed by atoms with van der Waals surface area (Å²) in [6, 6.07) is 0. The zero-order valence-corrected chi connectivity index (χ0v) is 8.91. The van der Waals surface area contributed by atoms with Crippen molar-refractivity contribution in [1.29, 1.82) is 0 Å². The van der Waals surface area contributed by atoms with Crippen LogP contribution in [0.25, 0.3) is 0 Å². The number of carbonyl (C=O) groups excluding carboxylic acids is 1. The highest BCUT2D eigenvalue weighted by molar-refractivity contribution is 5.67. The Kier molecular flexibility index (Phi) is 3.34. The minimum Gasteiger partial charge on any atom is -0.443 e. The van der Waals surface area contributed by atoms with E-state index in [4.69, 9.17) is 4.74 Å². The van der Waals surface area contributed by atoms with Crippen LogP contribution in [0.1, 0.15) is 27.2 Å². The van der Waals surface area contributed by atoms with E-state index in [0.29, 0.717) is 19.5 Å². The van der Waals surface area contributed by atoms with E-state index >= 15 is 0 Å². The third kappa shape index (κ3) is 3.93. The second kappa shape index (κ2) is 4.14. The molecule has 1 aliphatic heterocycles. The molecule has 0 aromatic rings. The van der Waals surface area contributed by atoms with E-state index in [1.165, 1.54) is 0 Å². The number of hydrogen-bond donors (Lipinski definition) is 2. The maximum absolute atomic E-state index is 11.3. The molecule has 5 heteroatoms. The minimum absolute atomic E-state index is 0.343. The summed E-state index contributed by atoms with van der Waals surface area (Å²) >= 11 is 0. The molecule has 1 heterocycles. The number of ether oxygens (including phenoxy) is 1. The lowest BCUT2D eigenvalue weighted by Crippen LogP contribution is -2.43. The number of aliphatic hydroxyl groups excluding tert-OH is 1. The van der Waals surface area contributed by atoms with Crippen molar-refractivity contribution in [2.75, 3.05) is 13.1 Å². The molecule has 14 heavy (non-hydrogen) atoms. The minimum atomic E-state index is -0.484. The zero-order chi connectivity index (χ0) is 10.8. The topological polar surface area (TPSA) is 61.8 Å². The van der Waals surface area contributed by atoms with Gasteiger partial charge in [0, 0.05) is 13.1 Å². The Balaban J connectivity index is 2.27. The highest BCUT2D eigenvalue weighted by atomic mass is 16.6. The van der Waals surface area contributed by atoms with Gasteiger partial charge in [-0.1, -0.05) is 0 Å². The van der Waals surface area contributed by atoms with Crippen molar-refractivity contribution in [3.8, 4) is 0 Å². The lowest BCUT2D eigenvalue weighted by Gasteiger charge is -2.22. The van der Waals surface area contributed by atoms with E-state index in [9.17, 15) is 9.90 Å². The molecule has 1 amide bonds. The van der Waals surface area contributed by atoms with Crippen molar-refractivity contribution in [2.45, 2.75) is 38.9 Å². The Labute approximate surface area is 84.0 Å². The van der Waals surface area contributed by atoms with Gasteiger partial charge in [-0.2, -0.15) is 0 Å². The summed E-state index contributed by atoms with van der Waals surface area (Å²) in [5.41, 5.74) is 2.09. The number of rotatable bonds is 1. The van der Waals surface area contributed by atoms with E-state index < -0.39 is 11.7 Å². The van der Waals surface area contributed by atoms with Crippen LogP contribution < -0.4 is 5.43 Å². The van der Waals surface area contributed by atoms with Gasteiger partial charge in [-0.3, -0.25) is 5.43 Å². The lowest BCUT2D eigenvalue weighted by atomic mass is 10.2. The van der Waals surface area contributed by atoms with Gasteiger partial charge in [0.05, 0.1) is 6.10 Å². The van der Waals surface area contributed by atoms with Crippen LogP contribution in [0.4, 0.5) is 4.79 Å². The molecule has 2 N–H and O–H groups in total. The first kappa shape index (κ1) is 11.3. The fourth-order valence-corrected chi connectivity index (χ4v) is 1.27. The fraction of sp³-hybridized carbons (Fsp3) is 0.889. The molecule has 0 aromatic carbocycles. The van der Waals surface area contributed by atoms with Gasteiger partial charge in [-0.05, 0) is 27.2 Å². The molecule has 1 rings (SSSR count). The average Bonchev–Trinajstić information content (AvgIpc) is 2.30. The van der Waals surface area contributed by atoms with Gasteiger partial charge in [-0.15, -0.1) is 0 Å². The molecule has 1 atom stereocenters. The van der Waals surface area contributed by atoms with Gasteiger partial charge in [0.2, 0.25) is 0 Å². The quantitative estimate of drug-likeness (QED) is 0.649. The monoisotopic (exact) mass is 202 g/mol. The molecular weight excluding hydrogens is 184 g/mol. The van der Waals surface area contributed by atoms with Crippen molar-refractivity contribution in [3.05, 3.63) is 0 Å². The molecule has 82 valence electrons. The Morgan fingerprint density at radius 3 is 2.64 bits per heavy atom. The van der Waals surface area contributed by atoms with Crippen LogP contribution in [0.3, 0.4) is 0 Å². The van der Waals surface area contributed by atoms with Crippen molar-refractivity contribution < 1.29 is 14.6 Å². The van der Waals surface area contributed by atoms with Crippen molar-refractivity contribution in [2.24, 2.45) is 0 Å². The summed E-state index contributed by atoms with van der Waals surface area (Å²) < 4.78 is 5.06. The van der Waals surface area contributed by atoms with Gasteiger partial charge < -0.3 is 9.84 Å². The number of amides is 1. The molecule has 0 aromatic heterocycles. The molecule has 0 aliphatic carbocycles. The summed E-state index contributed by atoms with van der Waals surface area (Å²) in [5, 5.41) is 10.9. The molecule has 0 unspecified atom stereocenters. The van der Waals surface area contributed by atoms with Crippen LogP contribution in [0.15, 0.2) is 0 Å². The number of nitrogens with one attached hydrogen (secondary N) is 1. The largest absolute Gasteiger partial charge is 0.443 e. The molecule has 0 saturated carbocycles. The first-order chi connectivity index (χ1) is 6.37. The number of hydrogen-bond acceptors (Lipinski definition) is 4. The zero-order valence-electron chi connectivity index (χ0n) is 8.91. The van der Waals surface area contributed by atoms with E-state index in [1.54, 1.807) is 5.01 Å². The maximum atomic E-state index is 11.3. The Morgan fingerprint density at radius 2 is 2.21 bits per heavy atom. The Hall–Kier alpha value is -0.810. The molecule has 0 radical (unpaired) electrons. The first-order valence-corrected chi connectivity index (χ1v) is 4.79. The highest BCUT2D eigenvalue weighted by Gasteiger charge is 2.23. The molecule has 1 saturated heterocycles. The summed E-state index contributed by atoms with van der Waals surface area (Å²) in [6.07, 6.45) is -0.118. The van der Waals surface area contributed by atoms with E-state index in [-0.39, 0.29) is 6.10 Å². The van der Waals surface area contributed by atoms with Gasteiger partial charge >= 0.3 is 6.09 Å². The molecular formula is C9H18N2O3. The fourth-order valence-electron chi connectivity index (χ4n) is 1.27. The number of nitrogens with zero attached hydrogens (tertiary/aromatic N) is 1. The normalized spacial score (nSPS) is 23.6. The number of aliphatic hydroxyl groups is 1. The average molecular weight is 202 g/mol. The van der Waals surface area contributed by atoms with Crippen LogP contribution in [0.5, 0.6) is 0 Å². The summed E-state index contributed by atoms with van der Waals surface area (Å²) in [6.45, 7) is 6.57. The number of hydrazine groups is 1.